The van der Waals surface area contributed by atoms with Crippen molar-refractivity contribution in [1.82, 2.24) is 4.72 Å². The SMILES string of the molecule is CC(NS(=O)(=O)c1ccc(F)cc1)c1c(F)cccc1F. The summed E-state index contributed by atoms with van der Waals surface area (Å²) in [5.41, 5.74) is -0.372. The molecule has 0 amide bonds. The average molecular weight is 315 g/mol. The molecule has 1 unspecified atom stereocenters. The van der Waals surface area contributed by atoms with Gasteiger partial charge in [0.05, 0.1) is 4.90 Å². The van der Waals surface area contributed by atoms with Gasteiger partial charge in [-0.25, -0.2) is 26.3 Å². The molecular formula is C14H12F3NO2S. The number of benzene rings is 2. The van der Waals surface area contributed by atoms with Crippen LogP contribution in [0.25, 0.3) is 0 Å². The van der Waals surface area contributed by atoms with E-state index in [0.29, 0.717) is 0 Å². The van der Waals surface area contributed by atoms with Crippen LogP contribution in [-0.4, -0.2) is 8.42 Å². The highest BCUT2D eigenvalue weighted by molar-refractivity contribution is 7.89. The van der Waals surface area contributed by atoms with Crippen molar-refractivity contribution >= 4 is 10.0 Å². The third-order valence-electron chi connectivity index (χ3n) is 2.89. The maximum atomic E-state index is 13.6. The van der Waals surface area contributed by atoms with E-state index in [1.807, 2.05) is 0 Å². The van der Waals surface area contributed by atoms with Crippen LogP contribution >= 0.6 is 0 Å². The lowest BCUT2D eigenvalue weighted by molar-refractivity contribution is 0.515. The highest BCUT2D eigenvalue weighted by atomic mass is 32.2. The van der Waals surface area contributed by atoms with E-state index in [1.165, 1.54) is 13.0 Å². The smallest absolute Gasteiger partial charge is 0.207 e. The highest BCUT2D eigenvalue weighted by Gasteiger charge is 2.22. The second kappa shape index (κ2) is 5.87. The first-order valence-electron chi connectivity index (χ1n) is 6.03. The lowest BCUT2D eigenvalue weighted by Crippen LogP contribution is -2.28. The van der Waals surface area contributed by atoms with Gasteiger partial charge in [-0.1, -0.05) is 6.07 Å². The maximum absolute atomic E-state index is 13.6. The van der Waals surface area contributed by atoms with Crippen LogP contribution in [-0.2, 0) is 10.0 Å². The molecule has 0 bridgehead atoms. The van der Waals surface area contributed by atoms with Gasteiger partial charge in [0.2, 0.25) is 10.0 Å². The first-order chi connectivity index (χ1) is 9.81. The summed E-state index contributed by atoms with van der Waals surface area (Å²) in [5, 5.41) is 0. The van der Waals surface area contributed by atoms with E-state index in [0.717, 1.165) is 36.4 Å². The molecule has 1 atom stereocenters. The van der Waals surface area contributed by atoms with Crippen molar-refractivity contribution in [3.63, 3.8) is 0 Å². The van der Waals surface area contributed by atoms with E-state index >= 15 is 0 Å². The second-order valence-electron chi connectivity index (χ2n) is 4.43. The summed E-state index contributed by atoms with van der Waals surface area (Å²) < 4.78 is 66.3. The monoisotopic (exact) mass is 315 g/mol. The van der Waals surface area contributed by atoms with Crippen molar-refractivity contribution in [3.8, 4) is 0 Å². The molecule has 21 heavy (non-hydrogen) atoms. The Bertz CT molecular complexity index is 725. The Hall–Kier alpha value is -1.86. The molecule has 0 aliphatic carbocycles. The fourth-order valence-corrected chi connectivity index (χ4v) is 3.11. The third-order valence-corrected chi connectivity index (χ3v) is 4.45. The molecular weight excluding hydrogens is 303 g/mol. The minimum Gasteiger partial charge on any atom is -0.207 e. The summed E-state index contributed by atoms with van der Waals surface area (Å²) in [5.74, 6) is -2.27. The van der Waals surface area contributed by atoms with Crippen LogP contribution in [0.5, 0.6) is 0 Å². The molecule has 0 saturated heterocycles. The molecule has 0 heterocycles. The molecule has 0 saturated carbocycles. The number of hydrogen-bond donors (Lipinski definition) is 1. The van der Waals surface area contributed by atoms with E-state index < -0.39 is 33.5 Å². The lowest BCUT2D eigenvalue weighted by atomic mass is 10.1. The van der Waals surface area contributed by atoms with Gasteiger partial charge in [-0.15, -0.1) is 0 Å². The van der Waals surface area contributed by atoms with Crippen LogP contribution in [0.15, 0.2) is 47.4 Å². The van der Waals surface area contributed by atoms with Gasteiger partial charge >= 0.3 is 0 Å². The molecule has 0 radical (unpaired) electrons. The quantitative estimate of drug-likeness (QED) is 0.942. The zero-order chi connectivity index (χ0) is 15.6. The van der Waals surface area contributed by atoms with Crippen LogP contribution < -0.4 is 4.72 Å². The van der Waals surface area contributed by atoms with Gasteiger partial charge in [-0.2, -0.15) is 0 Å². The summed E-state index contributed by atoms with van der Waals surface area (Å²) in [6, 6.07) is 6.29. The second-order valence-corrected chi connectivity index (χ2v) is 6.15. The molecule has 3 nitrogen and oxygen atoms in total. The summed E-state index contributed by atoms with van der Waals surface area (Å²) in [6.07, 6.45) is 0. The van der Waals surface area contributed by atoms with E-state index in [2.05, 4.69) is 4.72 Å². The fraction of sp³-hybridized carbons (Fsp3) is 0.143. The lowest BCUT2D eigenvalue weighted by Gasteiger charge is -2.16. The molecule has 2 rings (SSSR count). The standard InChI is InChI=1S/C14H12F3NO2S/c1-9(14-12(16)3-2-4-13(14)17)18-21(19,20)11-7-5-10(15)6-8-11/h2-9,18H,1H3. The largest absolute Gasteiger partial charge is 0.241 e. The molecule has 1 N–H and O–H groups in total. The van der Waals surface area contributed by atoms with E-state index in [-0.39, 0.29) is 10.5 Å². The highest BCUT2D eigenvalue weighted by Crippen LogP contribution is 2.22. The molecule has 0 spiro atoms. The number of hydrogen-bond acceptors (Lipinski definition) is 2. The summed E-state index contributed by atoms with van der Waals surface area (Å²) in [4.78, 5) is -0.188. The number of halogens is 3. The van der Waals surface area contributed by atoms with Crippen molar-refractivity contribution in [2.24, 2.45) is 0 Å². The summed E-state index contributed by atoms with van der Waals surface area (Å²) >= 11 is 0. The molecule has 0 fully saturated rings. The number of rotatable bonds is 4. The Balaban J connectivity index is 2.30. The van der Waals surface area contributed by atoms with Crippen LogP contribution in [0.1, 0.15) is 18.5 Å². The molecule has 112 valence electrons. The topological polar surface area (TPSA) is 46.2 Å². The summed E-state index contributed by atoms with van der Waals surface area (Å²) in [7, 11) is -4.01. The van der Waals surface area contributed by atoms with E-state index in [1.54, 1.807) is 0 Å². The van der Waals surface area contributed by atoms with Gasteiger partial charge < -0.3 is 0 Å². The summed E-state index contributed by atoms with van der Waals surface area (Å²) in [6.45, 7) is 1.32. The van der Waals surface area contributed by atoms with Crippen LogP contribution in [0.4, 0.5) is 13.2 Å². The predicted molar refractivity (Wildman–Crippen MR) is 71.5 cm³/mol. The number of sulfonamides is 1. The average Bonchev–Trinajstić information content (AvgIpc) is 2.38. The maximum Gasteiger partial charge on any atom is 0.241 e. The van der Waals surface area contributed by atoms with Crippen molar-refractivity contribution in [2.45, 2.75) is 17.9 Å². The van der Waals surface area contributed by atoms with Crippen LogP contribution in [0.3, 0.4) is 0 Å². The van der Waals surface area contributed by atoms with Crippen molar-refractivity contribution in [1.29, 1.82) is 0 Å². The van der Waals surface area contributed by atoms with Crippen LogP contribution in [0, 0.1) is 17.5 Å². The Morgan fingerprint density at radius 1 is 0.952 bits per heavy atom. The van der Waals surface area contributed by atoms with Gasteiger partial charge in [-0.3, -0.25) is 0 Å². The predicted octanol–water partition coefficient (Wildman–Crippen LogP) is 3.14. The molecule has 0 aliphatic heterocycles. The van der Waals surface area contributed by atoms with Gasteiger partial charge in [0, 0.05) is 11.6 Å². The Morgan fingerprint density at radius 3 is 2.00 bits per heavy atom. The third kappa shape index (κ3) is 3.43. The van der Waals surface area contributed by atoms with Gasteiger partial charge in [-0.05, 0) is 43.3 Å². The zero-order valence-corrected chi connectivity index (χ0v) is 11.8. The van der Waals surface area contributed by atoms with E-state index in [9.17, 15) is 21.6 Å². The Morgan fingerprint density at radius 2 is 1.48 bits per heavy atom. The van der Waals surface area contributed by atoms with E-state index in [4.69, 9.17) is 0 Å². The molecule has 2 aromatic rings. The van der Waals surface area contributed by atoms with Crippen LogP contribution in [0.2, 0.25) is 0 Å². The van der Waals surface area contributed by atoms with Crippen molar-refractivity contribution in [2.75, 3.05) is 0 Å². The molecule has 0 aliphatic rings. The Kier molecular flexibility index (Phi) is 4.34. The van der Waals surface area contributed by atoms with Gasteiger partial charge in [0.25, 0.3) is 0 Å². The molecule has 0 aromatic heterocycles. The van der Waals surface area contributed by atoms with Gasteiger partial charge in [0.1, 0.15) is 17.5 Å². The zero-order valence-electron chi connectivity index (χ0n) is 11.0. The number of nitrogens with one attached hydrogen (secondary N) is 1. The molecule has 2 aromatic carbocycles. The minimum absolute atomic E-state index is 0.188. The minimum atomic E-state index is -4.01. The first kappa shape index (κ1) is 15.5. The fourth-order valence-electron chi connectivity index (χ4n) is 1.90. The van der Waals surface area contributed by atoms with Crippen molar-refractivity contribution < 1.29 is 21.6 Å². The van der Waals surface area contributed by atoms with Crippen molar-refractivity contribution in [3.05, 3.63) is 65.5 Å². The Labute approximate surface area is 120 Å². The molecule has 7 heteroatoms. The normalized spacial score (nSPS) is 13.1. The van der Waals surface area contributed by atoms with Gasteiger partial charge in [0.15, 0.2) is 0 Å². The first-order valence-corrected chi connectivity index (χ1v) is 7.51.